The lowest BCUT2D eigenvalue weighted by atomic mass is 10.00. The Morgan fingerprint density at radius 2 is 1.89 bits per heavy atom. The zero-order chi connectivity index (χ0) is 20.1. The molecule has 0 saturated heterocycles. The van der Waals surface area contributed by atoms with Gasteiger partial charge in [0.2, 0.25) is 0 Å². The summed E-state index contributed by atoms with van der Waals surface area (Å²) in [6, 6.07) is 10.4. The molecule has 3 aromatic rings. The molecule has 0 spiro atoms. The third kappa shape index (κ3) is 3.27. The molecule has 2 aromatic carbocycles. The lowest BCUT2D eigenvalue weighted by Crippen LogP contribution is -2.13. The predicted molar refractivity (Wildman–Crippen MR) is 102 cm³/mol. The molecule has 0 fully saturated rings. The molecule has 1 atom stereocenters. The van der Waals surface area contributed by atoms with Gasteiger partial charge in [0.05, 0.1) is 17.7 Å². The fraction of sp³-hybridized carbons (Fsp3) is 0.167. The molecule has 1 aliphatic rings. The van der Waals surface area contributed by atoms with Crippen LogP contribution in [0, 0.1) is 5.82 Å². The number of aromatic nitrogens is 3. The zero-order valence-corrected chi connectivity index (χ0v) is 16.4. The number of nitrogens with zero attached hydrogens (tertiary/aromatic N) is 4. The first-order chi connectivity index (χ1) is 13.2. The van der Waals surface area contributed by atoms with E-state index < -0.39 is 22.0 Å². The Balaban J connectivity index is 2.02. The van der Waals surface area contributed by atoms with Crippen molar-refractivity contribution in [2.45, 2.75) is 13.0 Å². The first kappa shape index (κ1) is 18.6. The Labute approximate surface area is 165 Å². The second-order valence-corrected chi connectivity index (χ2v) is 8.27. The Hall–Kier alpha value is -2.78. The van der Waals surface area contributed by atoms with E-state index in [1.54, 1.807) is 43.3 Å². The monoisotopic (exact) mass is 420 g/mol. The molecule has 1 aliphatic heterocycles. The lowest BCUT2D eigenvalue weighted by Gasteiger charge is -2.13. The van der Waals surface area contributed by atoms with Gasteiger partial charge in [0.25, 0.3) is 0 Å². The van der Waals surface area contributed by atoms with E-state index in [2.05, 4.69) is 15.2 Å². The van der Waals surface area contributed by atoms with Gasteiger partial charge in [-0.05, 0) is 37.3 Å². The number of aliphatic imine (C=N–C) groups is 1. The van der Waals surface area contributed by atoms with Crippen molar-refractivity contribution in [1.82, 2.24) is 14.8 Å². The van der Waals surface area contributed by atoms with E-state index in [1.807, 2.05) is 0 Å². The Kier molecular flexibility index (Phi) is 4.43. The molecule has 0 saturated carbocycles. The van der Waals surface area contributed by atoms with Gasteiger partial charge in [0, 0.05) is 16.1 Å². The van der Waals surface area contributed by atoms with Crippen molar-refractivity contribution in [3.8, 4) is 11.7 Å². The van der Waals surface area contributed by atoms with E-state index in [4.69, 9.17) is 15.8 Å². The fourth-order valence-corrected chi connectivity index (χ4v) is 3.60. The van der Waals surface area contributed by atoms with Crippen molar-refractivity contribution in [1.29, 1.82) is 0 Å². The third-order valence-corrected chi connectivity index (χ3v) is 4.85. The highest BCUT2D eigenvalue weighted by molar-refractivity contribution is 7.86. The molecule has 4 rings (SSSR count). The topological polar surface area (TPSA) is 86.4 Å². The van der Waals surface area contributed by atoms with Gasteiger partial charge in [0.15, 0.2) is 5.82 Å². The number of halogens is 2. The molecule has 0 bridgehead atoms. The van der Waals surface area contributed by atoms with E-state index in [1.165, 1.54) is 10.6 Å². The molecule has 0 amide bonds. The maximum absolute atomic E-state index is 14.5. The molecule has 1 unspecified atom stereocenters. The number of benzene rings is 2. The summed E-state index contributed by atoms with van der Waals surface area (Å²) in [6.45, 7) is 1.75. The minimum Gasteiger partial charge on any atom is -0.343 e. The van der Waals surface area contributed by atoms with Crippen LogP contribution in [0.4, 0.5) is 4.39 Å². The van der Waals surface area contributed by atoms with Gasteiger partial charge >= 0.3 is 16.1 Å². The first-order valence-corrected chi connectivity index (χ1v) is 10.4. The third-order valence-electron chi connectivity index (χ3n) is 4.16. The Morgan fingerprint density at radius 1 is 1.14 bits per heavy atom. The van der Waals surface area contributed by atoms with Crippen LogP contribution in [-0.2, 0) is 10.1 Å². The maximum Gasteiger partial charge on any atom is 0.338 e. The number of hydrogen-bond acceptors (Lipinski definition) is 6. The molecule has 0 N–H and O–H groups in total. The van der Waals surface area contributed by atoms with Crippen molar-refractivity contribution < 1.29 is 17.0 Å². The first-order valence-electron chi connectivity index (χ1n) is 8.22. The zero-order valence-electron chi connectivity index (χ0n) is 14.8. The van der Waals surface area contributed by atoms with Crippen molar-refractivity contribution in [3.05, 3.63) is 70.3 Å². The van der Waals surface area contributed by atoms with E-state index >= 15 is 0 Å². The SMILES string of the molecule is CC1N=C(c2ccccc2F)c2cc(Cl)ccc2-n2c(OS(C)(=O)=O)nnc21. The highest BCUT2D eigenvalue weighted by Crippen LogP contribution is 2.34. The predicted octanol–water partition coefficient (Wildman–Crippen LogP) is 3.31. The van der Waals surface area contributed by atoms with Crippen LogP contribution in [0.3, 0.4) is 0 Å². The standard InChI is InChI=1S/C18H14ClFN4O3S/c1-10-17-22-23-18(27-28(2,25)26)24(17)15-8-7-11(19)9-13(15)16(21-10)12-5-3-4-6-14(12)20/h3-10H,1-2H3. The molecule has 0 aliphatic carbocycles. The average Bonchev–Trinajstić information content (AvgIpc) is 2.96. The second-order valence-electron chi connectivity index (χ2n) is 6.26. The fourth-order valence-electron chi connectivity index (χ4n) is 3.05. The largest absolute Gasteiger partial charge is 0.343 e. The van der Waals surface area contributed by atoms with Gasteiger partial charge in [-0.2, -0.15) is 8.42 Å². The van der Waals surface area contributed by atoms with Crippen LogP contribution in [0.25, 0.3) is 5.69 Å². The summed E-state index contributed by atoms with van der Waals surface area (Å²) in [7, 11) is -3.84. The summed E-state index contributed by atoms with van der Waals surface area (Å²) in [5.74, 6) is -0.0850. The molecule has 7 nitrogen and oxygen atoms in total. The van der Waals surface area contributed by atoms with Gasteiger partial charge in [-0.25, -0.2) is 8.96 Å². The number of rotatable bonds is 3. The van der Waals surface area contributed by atoms with Crippen LogP contribution in [0.2, 0.25) is 5.02 Å². The van der Waals surface area contributed by atoms with Gasteiger partial charge in [-0.3, -0.25) is 4.99 Å². The molecule has 144 valence electrons. The summed E-state index contributed by atoms with van der Waals surface area (Å²) in [4.78, 5) is 4.63. The highest BCUT2D eigenvalue weighted by atomic mass is 35.5. The van der Waals surface area contributed by atoms with E-state index in [0.717, 1.165) is 6.26 Å². The van der Waals surface area contributed by atoms with Crippen LogP contribution >= 0.6 is 11.6 Å². The quantitative estimate of drug-likeness (QED) is 0.607. The molecular weight excluding hydrogens is 407 g/mol. The highest BCUT2D eigenvalue weighted by Gasteiger charge is 2.29. The van der Waals surface area contributed by atoms with E-state index in [-0.39, 0.29) is 6.01 Å². The van der Waals surface area contributed by atoms with Crippen LogP contribution < -0.4 is 4.18 Å². The molecule has 10 heteroatoms. The van der Waals surface area contributed by atoms with E-state index in [9.17, 15) is 12.8 Å². The summed E-state index contributed by atoms with van der Waals surface area (Å²) in [5.41, 5.74) is 1.65. The van der Waals surface area contributed by atoms with Gasteiger partial charge in [0.1, 0.15) is 11.9 Å². The molecule has 1 aromatic heterocycles. The number of fused-ring (bicyclic) bond motifs is 3. The van der Waals surface area contributed by atoms with E-state index in [0.29, 0.717) is 33.4 Å². The average molecular weight is 421 g/mol. The molecule has 0 radical (unpaired) electrons. The van der Waals surface area contributed by atoms with Gasteiger partial charge in [-0.1, -0.05) is 28.8 Å². The smallest absolute Gasteiger partial charge is 0.338 e. The molecule has 28 heavy (non-hydrogen) atoms. The molecule has 2 heterocycles. The summed E-state index contributed by atoms with van der Waals surface area (Å²) in [5, 5.41) is 8.30. The minimum atomic E-state index is -3.84. The Morgan fingerprint density at radius 3 is 2.61 bits per heavy atom. The minimum absolute atomic E-state index is 0.224. The van der Waals surface area contributed by atoms with Crippen LogP contribution in [0.5, 0.6) is 6.01 Å². The summed E-state index contributed by atoms with van der Waals surface area (Å²) >= 11 is 6.19. The van der Waals surface area contributed by atoms with Crippen LogP contribution in [0.15, 0.2) is 47.5 Å². The van der Waals surface area contributed by atoms with Crippen molar-refractivity contribution in [3.63, 3.8) is 0 Å². The van der Waals surface area contributed by atoms with Gasteiger partial charge in [-0.15, -0.1) is 5.10 Å². The van der Waals surface area contributed by atoms with Crippen molar-refractivity contribution in [2.24, 2.45) is 4.99 Å². The maximum atomic E-state index is 14.5. The lowest BCUT2D eigenvalue weighted by molar-refractivity contribution is 0.462. The normalized spacial score (nSPS) is 16.0. The Bertz CT molecular complexity index is 1220. The molecular formula is C18H14ClFN4O3S. The summed E-state index contributed by atoms with van der Waals surface area (Å²) < 4.78 is 44.3. The summed E-state index contributed by atoms with van der Waals surface area (Å²) in [6.07, 6.45) is 0.915. The van der Waals surface area contributed by atoms with Crippen LogP contribution in [0.1, 0.15) is 29.9 Å². The van der Waals surface area contributed by atoms with Crippen molar-refractivity contribution >= 4 is 27.4 Å². The van der Waals surface area contributed by atoms with Crippen molar-refractivity contribution in [2.75, 3.05) is 6.26 Å². The second kappa shape index (κ2) is 6.68. The number of hydrogen-bond donors (Lipinski definition) is 0. The van der Waals surface area contributed by atoms with Gasteiger partial charge < -0.3 is 4.18 Å². The van der Waals surface area contributed by atoms with Crippen LogP contribution in [-0.4, -0.2) is 35.1 Å².